The number of aliphatic hydroxyl groups is 1. The lowest BCUT2D eigenvalue weighted by molar-refractivity contribution is -0.142. The average molecular weight is 1010 g/mol. The van der Waals surface area contributed by atoms with Gasteiger partial charge in [-0.15, -0.1) is 0 Å². The SMILES string of the molecule is CCC[C@H](NC(=O)[C@@H](NC(=O)[C@H](NC(=O)[C@H](CCC)N(C)C(=O)CNC(=O)CN(C)C(C)=O)C(C)CC)C(C)O)C(=O)N[C@H](C(=O)N[C@@H](CCCN=C(N)N)C(=O)N1CCC[C@H]1C(=O)NCC)C(C)CC. The highest BCUT2D eigenvalue weighted by Gasteiger charge is 2.40. The summed E-state index contributed by atoms with van der Waals surface area (Å²) >= 11 is 0. The van der Waals surface area contributed by atoms with Gasteiger partial charge in [0.15, 0.2) is 5.96 Å². The van der Waals surface area contributed by atoms with E-state index >= 15 is 0 Å². The molecule has 3 unspecified atom stereocenters. The summed E-state index contributed by atoms with van der Waals surface area (Å²) in [6, 6.07) is -8.19. The lowest BCUT2D eigenvalue weighted by Gasteiger charge is -2.32. The lowest BCUT2D eigenvalue weighted by atomic mass is 9.96. The van der Waals surface area contributed by atoms with Gasteiger partial charge in [0.25, 0.3) is 0 Å². The number of nitrogens with two attached hydrogens (primary N) is 2. The quantitative estimate of drug-likeness (QED) is 0.0206. The van der Waals surface area contributed by atoms with Crippen LogP contribution in [0.5, 0.6) is 0 Å². The van der Waals surface area contributed by atoms with E-state index < -0.39 is 114 Å². The number of nitrogens with zero attached hydrogens (tertiary/aromatic N) is 4. The number of carbonyl (C=O) groups is 10. The summed E-state index contributed by atoms with van der Waals surface area (Å²) in [6.07, 6.45) is 1.91. The zero-order valence-electron chi connectivity index (χ0n) is 43.9. The van der Waals surface area contributed by atoms with Gasteiger partial charge in [0.05, 0.1) is 19.2 Å². The molecule has 1 saturated heterocycles. The standard InChI is InChI=1S/C47H85N13O11/c1-12-19-31(40(65)55-37(27(6)14-3)43(68)54-32(21-17-23-51-47(48)49)46(71)60-24-18-22-34(60)41(66)50-16-5)53-45(70)39(29(8)61)57-44(69)38(28(7)15-4)56-42(67)33(20-13-2)59(11)36(64)25-52-35(63)26-58(10)30(9)62/h27-29,31-34,37-39,61H,12-26H2,1-11H3,(H,50,66)(H,52,63)(H,53,70)(H,54,68)(H,55,65)(H,56,67)(H,57,69)(H4,48,49,51)/t27?,28?,29?,31-,32-,33-,34-,37-,38+,39-/m0/s1. The molecule has 24 heteroatoms. The van der Waals surface area contributed by atoms with Crippen molar-refractivity contribution in [3.05, 3.63) is 0 Å². The Hall–Kier alpha value is -6.07. The van der Waals surface area contributed by atoms with Gasteiger partial charge in [0.2, 0.25) is 59.1 Å². The molecule has 0 bridgehead atoms. The first-order valence-electron chi connectivity index (χ1n) is 25.0. The molecule has 0 spiro atoms. The van der Waals surface area contributed by atoms with E-state index in [2.05, 4.69) is 42.2 Å². The molecule has 12 N–H and O–H groups in total. The van der Waals surface area contributed by atoms with Crippen LogP contribution in [-0.4, -0.2) is 180 Å². The number of likely N-dealkylation sites (tertiary alicyclic amines) is 1. The first-order valence-corrected chi connectivity index (χ1v) is 25.0. The van der Waals surface area contributed by atoms with Crippen molar-refractivity contribution in [1.82, 2.24) is 51.9 Å². The second-order valence-corrected chi connectivity index (χ2v) is 18.4. The highest BCUT2D eigenvalue weighted by atomic mass is 16.3. The Morgan fingerprint density at radius 2 is 1.24 bits per heavy atom. The van der Waals surface area contributed by atoms with Gasteiger partial charge in [-0.1, -0.05) is 67.2 Å². The zero-order chi connectivity index (χ0) is 54.1. The number of aliphatic imine (C=N–C) groups is 1. The number of hydrogen-bond donors (Lipinski definition) is 10. The summed E-state index contributed by atoms with van der Waals surface area (Å²) in [5, 5.41) is 29.5. The van der Waals surface area contributed by atoms with Crippen LogP contribution in [0.2, 0.25) is 0 Å². The highest BCUT2D eigenvalue weighted by molar-refractivity contribution is 5.98. The summed E-state index contributed by atoms with van der Waals surface area (Å²) in [5.74, 6) is -7.25. The van der Waals surface area contributed by atoms with Crippen LogP contribution in [0.3, 0.4) is 0 Å². The minimum Gasteiger partial charge on any atom is -0.391 e. The van der Waals surface area contributed by atoms with Gasteiger partial charge in [0.1, 0.15) is 42.3 Å². The predicted octanol–water partition coefficient (Wildman–Crippen LogP) is -1.91. The first kappa shape index (κ1) is 62.9. The number of carbonyl (C=O) groups excluding carboxylic acids is 10. The molecule has 0 radical (unpaired) electrons. The average Bonchev–Trinajstić information content (AvgIpc) is 3.82. The Balaban J connectivity index is 3.34. The van der Waals surface area contributed by atoms with Crippen molar-refractivity contribution < 1.29 is 53.1 Å². The van der Waals surface area contributed by atoms with Gasteiger partial charge in [-0.05, 0) is 64.2 Å². The smallest absolute Gasteiger partial charge is 0.245 e. The fourth-order valence-corrected chi connectivity index (χ4v) is 7.82. The number of aliphatic hydroxyl groups excluding tert-OH is 1. The number of nitrogens with one attached hydrogen (secondary N) is 7. The molecule has 10 atom stereocenters. The Labute approximate surface area is 419 Å². The molecule has 404 valence electrons. The third-order valence-electron chi connectivity index (χ3n) is 12.7. The maximum atomic E-state index is 14.2. The fraction of sp³-hybridized carbons (Fsp3) is 0.766. The van der Waals surface area contributed by atoms with Crippen LogP contribution in [0, 0.1) is 11.8 Å². The van der Waals surface area contributed by atoms with Gasteiger partial charge in [-0.25, -0.2) is 0 Å². The Morgan fingerprint density at radius 3 is 1.76 bits per heavy atom. The predicted molar refractivity (Wildman–Crippen MR) is 266 cm³/mol. The van der Waals surface area contributed by atoms with Crippen LogP contribution in [0.4, 0.5) is 0 Å². The molecule has 1 rings (SSSR count). The largest absolute Gasteiger partial charge is 0.391 e. The molecular weight excluding hydrogens is 923 g/mol. The van der Waals surface area contributed by atoms with Gasteiger partial charge in [-0.3, -0.25) is 52.9 Å². The monoisotopic (exact) mass is 1010 g/mol. The summed E-state index contributed by atoms with van der Waals surface area (Å²) in [7, 11) is 2.82. The van der Waals surface area contributed by atoms with E-state index in [1.54, 1.807) is 41.5 Å². The number of hydrogen-bond acceptors (Lipinski definition) is 12. The van der Waals surface area contributed by atoms with E-state index in [4.69, 9.17) is 11.5 Å². The Morgan fingerprint density at radius 1 is 0.704 bits per heavy atom. The summed E-state index contributed by atoms with van der Waals surface area (Å²) < 4.78 is 0. The topological polar surface area (TPSA) is 349 Å². The maximum absolute atomic E-state index is 14.2. The number of amides is 10. The lowest BCUT2D eigenvalue weighted by Crippen LogP contribution is -2.63. The third-order valence-corrected chi connectivity index (χ3v) is 12.7. The Kier molecular flexibility index (Phi) is 28.4. The van der Waals surface area contributed by atoms with E-state index in [0.717, 1.165) is 4.90 Å². The van der Waals surface area contributed by atoms with Gasteiger partial charge in [0, 0.05) is 40.7 Å². The minimum absolute atomic E-state index is 0.0880. The van der Waals surface area contributed by atoms with Crippen LogP contribution in [0.1, 0.15) is 127 Å². The molecule has 1 aliphatic rings. The maximum Gasteiger partial charge on any atom is 0.245 e. The van der Waals surface area contributed by atoms with Crippen molar-refractivity contribution in [1.29, 1.82) is 0 Å². The van der Waals surface area contributed by atoms with Crippen LogP contribution in [-0.2, 0) is 47.9 Å². The minimum atomic E-state index is -1.62. The molecule has 0 aromatic carbocycles. The van der Waals surface area contributed by atoms with E-state index in [1.807, 2.05) is 6.92 Å². The molecule has 0 aromatic heterocycles. The van der Waals surface area contributed by atoms with Gasteiger partial charge >= 0.3 is 0 Å². The second-order valence-electron chi connectivity index (χ2n) is 18.4. The van der Waals surface area contributed by atoms with E-state index in [-0.39, 0.29) is 50.1 Å². The molecule has 10 amide bonds. The molecular formula is C47H85N13O11. The molecule has 0 aliphatic carbocycles. The Bertz CT molecular complexity index is 1850. The van der Waals surface area contributed by atoms with Crippen molar-refractivity contribution in [3.8, 4) is 0 Å². The number of rotatable bonds is 31. The van der Waals surface area contributed by atoms with Gasteiger partial charge in [-0.2, -0.15) is 0 Å². The van der Waals surface area contributed by atoms with E-state index in [9.17, 15) is 53.1 Å². The molecule has 71 heavy (non-hydrogen) atoms. The van der Waals surface area contributed by atoms with Crippen molar-refractivity contribution >= 4 is 65.0 Å². The molecule has 1 heterocycles. The fourth-order valence-electron chi connectivity index (χ4n) is 7.82. The highest BCUT2D eigenvalue weighted by Crippen LogP contribution is 2.21. The van der Waals surface area contributed by atoms with Crippen LogP contribution < -0.4 is 48.7 Å². The first-order chi connectivity index (χ1) is 33.4. The summed E-state index contributed by atoms with van der Waals surface area (Å²) in [5.41, 5.74) is 11.0. The third kappa shape index (κ3) is 20.7. The van der Waals surface area contributed by atoms with Crippen molar-refractivity contribution in [2.24, 2.45) is 28.3 Å². The normalized spacial score (nSPS) is 17.0. The van der Waals surface area contributed by atoms with Crippen molar-refractivity contribution in [3.63, 3.8) is 0 Å². The number of guanidine groups is 1. The van der Waals surface area contributed by atoms with Crippen molar-refractivity contribution in [2.75, 3.05) is 46.8 Å². The van der Waals surface area contributed by atoms with Crippen LogP contribution >= 0.6 is 0 Å². The van der Waals surface area contributed by atoms with Gasteiger partial charge < -0.3 is 68.5 Å². The van der Waals surface area contributed by atoms with Crippen LogP contribution in [0.15, 0.2) is 4.99 Å². The molecule has 0 aromatic rings. The molecule has 24 nitrogen and oxygen atoms in total. The van der Waals surface area contributed by atoms with Crippen LogP contribution in [0.25, 0.3) is 0 Å². The van der Waals surface area contributed by atoms with E-state index in [1.165, 1.54) is 37.7 Å². The van der Waals surface area contributed by atoms with E-state index in [0.29, 0.717) is 58.0 Å². The summed E-state index contributed by atoms with van der Waals surface area (Å²) in [4.78, 5) is 142. The molecule has 1 aliphatic heterocycles. The summed E-state index contributed by atoms with van der Waals surface area (Å²) in [6.45, 7) is 15.1. The molecule has 0 saturated carbocycles. The second kappa shape index (κ2) is 32.0. The zero-order valence-corrected chi connectivity index (χ0v) is 43.9. The number of likely N-dealkylation sites (N-methyl/N-ethyl adjacent to an activating group) is 3. The van der Waals surface area contributed by atoms with Crippen molar-refractivity contribution in [2.45, 2.75) is 175 Å². The molecule has 1 fully saturated rings.